The summed E-state index contributed by atoms with van der Waals surface area (Å²) in [6.07, 6.45) is -3.43. The van der Waals surface area contributed by atoms with Gasteiger partial charge in [-0.1, -0.05) is 0 Å². The molecule has 0 saturated heterocycles. The molecular formula is C6HBr2F3INO. The Hall–Kier alpha value is 0.430. The molecule has 1 heterocycles. The first-order chi connectivity index (χ1) is 6.31. The molecule has 0 aliphatic rings. The minimum Gasteiger partial charge on any atom is -0.403 e. The smallest absolute Gasteiger partial charge is 0.403 e. The van der Waals surface area contributed by atoms with E-state index in [1.807, 2.05) is 0 Å². The van der Waals surface area contributed by atoms with Gasteiger partial charge in [-0.25, -0.2) is 4.98 Å². The molecule has 0 unspecified atom stereocenters. The van der Waals surface area contributed by atoms with E-state index in [1.54, 1.807) is 22.6 Å². The van der Waals surface area contributed by atoms with Gasteiger partial charge in [0.25, 0.3) is 0 Å². The molecule has 0 N–H and O–H groups in total. The van der Waals surface area contributed by atoms with Gasteiger partial charge in [0.15, 0.2) is 5.75 Å². The highest BCUT2D eigenvalue weighted by atomic mass is 127. The summed E-state index contributed by atoms with van der Waals surface area (Å²) in [7, 11) is 0. The van der Waals surface area contributed by atoms with E-state index in [-0.39, 0.29) is 18.4 Å². The molecule has 0 saturated carbocycles. The molecule has 0 aliphatic heterocycles. The predicted molar refractivity (Wildman–Crippen MR) is 59.0 cm³/mol. The zero-order valence-corrected chi connectivity index (χ0v) is 11.5. The number of pyridine rings is 1. The number of halogens is 6. The molecule has 0 aliphatic carbocycles. The quantitative estimate of drug-likeness (QED) is 0.478. The summed E-state index contributed by atoms with van der Waals surface area (Å²) in [4.78, 5) is 3.78. The van der Waals surface area contributed by atoms with Gasteiger partial charge in [-0.3, -0.25) is 0 Å². The van der Waals surface area contributed by atoms with E-state index in [0.29, 0.717) is 0 Å². The molecule has 0 atom stereocenters. The fourth-order valence-corrected chi connectivity index (χ4v) is 2.21. The first-order valence-electron chi connectivity index (χ1n) is 3.06. The van der Waals surface area contributed by atoms with E-state index in [2.05, 4.69) is 41.6 Å². The number of ether oxygens (including phenoxy) is 1. The Morgan fingerprint density at radius 2 is 1.93 bits per heavy atom. The van der Waals surface area contributed by atoms with Crippen molar-refractivity contribution in [2.45, 2.75) is 6.36 Å². The molecule has 14 heavy (non-hydrogen) atoms. The lowest BCUT2D eigenvalue weighted by Crippen LogP contribution is -2.18. The molecule has 2 nitrogen and oxygen atoms in total. The number of nitrogens with zero attached hydrogens (tertiary/aromatic N) is 1. The normalized spacial score (nSPS) is 11.6. The number of alkyl halides is 3. The zero-order valence-electron chi connectivity index (χ0n) is 6.20. The highest BCUT2D eigenvalue weighted by molar-refractivity contribution is 14.1. The summed E-state index contributed by atoms with van der Waals surface area (Å²) < 4.78 is 40.3. The van der Waals surface area contributed by atoms with Gasteiger partial charge >= 0.3 is 6.36 Å². The van der Waals surface area contributed by atoms with Crippen LogP contribution in [-0.2, 0) is 0 Å². The zero-order chi connectivity index (χ0) is 10.9. The van der Waals surface area contributed by atoms with Crippen molar-refractivity contribution in [2.75, 3.05) is 0 Å². The largest absolute Gasteiger partial charge is 0.573 e. The Bertz CT molecular complexity index is 358. The maximum absolute atomic E-state index is 12.0. The van der Waals surface area contributed by atoms with Crippen molar-refractivity contribution in [3.05, 3.63) is 18.8 Å². The fraction of sp³-hybridized carbons (Fsp3) is 0.167. The van der Waals surface area contributed by atoms with Gasteiger partial charge < -0.3 is 4.74 Å². The Kier molecular flexibility index (Phi) is 4.03. The second kappa shape index (κ2) is 4.52. The van der Waals surface area contributed by atoms with E-state index in [9.17, 15) is 13.2 Å². The first kappa shape index (κ1) is 12.5. The van der Waals surface area contributed by atoms with Crippen LogP contribution < -0.4 is 4.74 Å². The van der Waals surface area contributed by atoms with Crippen molar-refractivity contribution in [2.24, 2.45) is 0 Å². The van der Waals surface area contributed by atoms with Crippen molar-refractivity contribution in [1.29, 1.82) is 0 Å². The molecule has 78 valence electrons. The molecule has 8 heteroatoms. The number of aromatic nitrogens is 1. The van der Waals surface area contributed by atoms with Crippen LogP contribution in [0.4, 0.5) is 13.2 Å². The molecule has 0 amide bonds. The van der Waals surface area contributed by atoms with Crippen LogP contribution in [0.1, 0.15) is 0 Å². The molecule has 0 radical (unpaired) electrons. The predicted octanol–water partition coefficient (Wildman–Crippen LogP) is 4.11. The Balaban J connectivity index is 3.13. The molecule has 0 bridgehead atoms. The first-order valence-corrected chi connectivity index (χ1v) is 5.73. The maximum Gasteiger partial charge on any atom is 0.573 e. The second-order valence-corrected chi connectivity index (χ2v) is 4.79. The monoisotopic (exact) mass is 445 g/mol. The Morgan fingerprint density at radius 3 is 2.43 bits per heavy atom. The summed E-state index contributed by atoms with van der Waals surface area (Å²) in [5, 5.41) is 0. The van der Waals surface area contributed by atoms with Gasteiger partial charge in [0.2, 0.25) is 0 Å². The molecule has 0 aromatic carbocycles. The second-order valence-electron chi connectivity index (χ2n) is 2.09. The lowest BCUT2D eigenvalue weighted by atomic mass is 10.4. The van der Waals surface area contributed by atoms with E-state index in [4.69, 9.17) is 0 Å². The van der Waals surface area contributed by atoms with Crippen LogP contribution in [0.3, 0.4) is 0 Å². The van der Waals surface area contributed by atoms with Crippen LogP contribution in [0.25, 0.3) is 0 Å². The average Bonchev–Trinajstić information content (AvgIpc) is 2.04. The van der Waals surface area contributed by atoms with Gasteiger partial charge in [0.1, 0.15) is 4.60 Å². The van der Waals surface area contributed by atoms with Crippen molar-refractivity contribution in [1.82, 2.24) is 4.98 Å². The molecule has 0 spiro atoms. The van der Waals surface area contributed by atoms with Gasteiger partial charge in [0.05, 0.1) is 8.04 Å². The minimum atomic E-state index is -4.71. The van der Waals surface area contributed by atoms with Gasteiger partial charge in [-0.15, -0.1) is 13.2 Å². The van der Waals surface area contributed by atoms with Crippen LogP contribution in [0, 0.1) is 3.57 Å². The fourth-order valence-electron chi connectivity index (χ4n) is 0.636. The third kappa shape index (κ3) is 3.23. The molecule has 0 fully saturated rings. The van der Waals surface area contributed by atoms with Gasteiger partial charge in [-0.2, -0.15) is 0 Å². The van der Waals surface area contributed by atoms with Gasteiger partial charge in [-0.05, 0) is 54.5 Å². The number of hydrogen-bond donors (Lipinski definition) is 0. The van der Waals surface area contributed by atoms with Crippen LogP contribution in [0.15, 0.2) is 15.3 Å². The summed E-state index contributed by atoms with van der Waals surface area (Å²) >= 11 is 7.63. The van der Waals surface area contributed by atoms with E-state index in [1.165, 1.54) is 6.20 Å². The number of hydrogen-bond acceptors (Lipinski definition) is 2. The summed E-state index contributed by atoms with van der Waals surface area (Å²) in [6, 6.07) is 0. The van der Waals surface area contributed by atoms with Crippen LogP contribution in [0.5, 0.6) is 5.75 Å². The lowest BCUT2D eigenvalue weighted by Gasteiger charge is -2.12. The molecule has 1 rings (SSSR count). The maximum atomic E-state index is 12.0. The standard InChI is InChI=1S/C6HBr2F3INO/c7-3-4(14-6(9,10)11)2(12)1-13-5(3)8/h1H. The minimum absolute atomic E-state index is 0.140. The SMILES string of the molecule is FC(F)(F)Oc1c(I)cnc(Br)c1Br. The lowest BCUT2D eigenvalue weighted by molar-refractivity contribution is -0.275. The molecule has 1 aromatic heterocycles. The van der Waals surface area contributed by atoms with Crippen molar-refractivity contribution >= 4 is 54.5 Å². The highest BCUT2D eigenvalue weighted by Gasteiger charge is 2.33. The van der Waals surface area contributed by atoms with Crippen LogP contribution in [0.2, 0.25) is 0 Å². The third-order valence-electron chi connectivity index (χ3n) is 1.11. The van der Waals surface area contributed by atoms with Crippen LogP contribution >= 0.6 is 54.5 Å². The van der Waals surface area contributed by atoms with E-state index >= 15 is 0 Å². The van der Waals surface area contributed by atoms with E-state index in [0.717, 1.165) is 0 Å². The molecular weight excluding hydrogens is 446 g/mol. The Morgan fingerprint density at radius 1 is 1.36 bits per heavy atom. The topological polar surface area (TPSA) is 22.1 Å². The highest BCUT2D eigenvalue weighted by Crippen LogP contribution is 2.37. The van der Waals surface area contributed by atoms with Crippen molar-refractivity contribution in [3.63, 3.8) is 0 Å². The summed E-state index contributed by atoms with van der Waals surface area (Å²) in [5.74, 6) is -0.292. The van der Waals surface area contributed by atoms with E-state index < -0.39 is 6.36 Å². The van der Waals surface area contributed by atoms with Crippen molar-refractivity contribution < 1.29 is 17.9 Å². The Labute approximate surface area is 108 Å². The summed E-state index contributed by atoms with van der Waals surface area (Å²) in [5.41, 5.74) is 0. The average molecular weight is 447 g/mol. The number of rotatable bonds is 1. The third-order valence-corrected chi connectivity index (χ3v) is 3.74. The summed E-state index contributed by atoms with van der Waals surface area (Å²) in [6.45, 7) is 0. The molecule has 1 aromatic rings. The van der Waals surface area contributed by atoms with Crippen molar-refractivity contribution in [3.8, 4) is 5.75 Å². The van der Waals surface area contributed by atoms with Gasteiger partial charge in [0, 0.05) is 6.20 Å². The van der Waals surface area contributed by atoms with Crippen LogP contribution in [-0.4, -0.2) is 11.3 Å².